The number of hydrogen-bond acceptors (Lipinski definition) is 4. The minimum absolute atomic E-state index is 0.0622. The first-order valence-electron chi connectivity index (χ1n) is 9.68. The Kier molecular flexibility index (Phi) is 8.07. The van der Waals surface area contributed by atoms with Crippen LogP contribution in [0.1, 0.15) is 35.3 Å². The van der Waals surface area contributed by atoms with E-state index in [0.29, 0.717) is 0 Å². The average molecular weight is 395 g/mol. The van der Waals surface area contributed by atoms with Gasteiger partial charge in [-0.25, -0.2) is 4.79 Å². The summed E-state index contributed by atoms with van der Waals surface area (Å²) in [7, 11) is 0. The maximum absolute atomic E-state index is 12.2. The van der Waals surface area contributed by atoms with Crippen LogP contribution in [0.25, 0.3) is 0 Å². The molecule has 0 spiro atoms. The first-order valence-corrected chi connectivity index (χ1v) is 10.6. The lowest BCUT2D eigenvalue weighted by molar-refractivity contribution is 0.136. The van der Waals surface area contributed by atoms with Crippen molar-refractivity contribution in [3.63, 3.8) is 0 Å². The predicted octanol–water partition coefficient (Wildman–Crippen LogP) is 5.39. The molecule has 1 atom stereocenters. The summed E-state index contributed by atoms with van der Waals surface area (Å²) in [5.41, 5.74) is 4.32. The van der Waals surface area contributed by atoms with Crippen LogP contribution in [-0.4, -0.2) is 17.1 Å². The lowest BCUT2D eigenvalue weighted by Crippen LogP contribution is -2.36. The normalized spacial score (nSPS) is 11.7. The maximum Gasteiger partial charge on any atom is 0.407 e. The molecule has 1 amide bonds. The second kappa shape index (κ2) is 11.2. The Morgan fingerprint density at radius 2 is 1.71 bits per heavy atom. The zero-order chi connectivity index (χ0) is 19.4. The first kappa shape index (κ1) is 20.1. The summed E-state index contributed by atoms with van der Waals surface area (Å²) in [6.07, 6.45) is 6.32. The number of amides is 1. The zero-order valence-corrected chi connectivity index (χ0v) is 16.7. The number of aryl methyl sites for hydroxylation is 1. The third kappa shape index (κ3) is 7.16. The molecule has 4 nitrogen and oxygen atoms in total. The summed E-state index contributed by atoms with van der Waals surface area (Å²) in [6, 6.07) is 20.9. The smallest absolute Gasteiger partial charge is 0.407 e. The Morgan fingerprint density at radius 1 is 1.00 bits per heavy atom. The molecule has 0 radical (unpaired) electrons. The van der Waals surface area contributed by atoms with Crippen molar-refractivity contribution >= 4 is 17.4 Å². The van der Waals surface area contributed by atoms with E-state index in [1.807, 2.05) is 24.3 Å². The van der Waals surface area contributed by atoms with Crippen molar-refractivity contribution in [1.29, 1.82) is 0 Å². The Hall–Kier alpha value is -2.66. The van der Waals surface area contributed by atoms with Crippen molar-refractivity contribution in [2.24, 2.45) is 0 Å². The summed E-state index contributed by atoms with van der Waals surface area (Å²) in [5.74, 6) is 0. The lowest BCUT2D eigenvalue weighted by atomic mass is 9.99. The summed E-state index contributed by atoms with van der Waals surface area (Å²) in [5, 5.41) is 3.05. The highest BCUT2D eigenvalue weighted by atomic mass is 32.1. The highest BCUT2D eigenvalue weighted by Crippen LogP contribution is 2.13. The molecule has 146 valence electrons. The molecule has 0 saturated carbocycles. The van der Waals surface area contributed by atoms with E-state index in [2.05, 4.69) is 46.7 Å². The molecule has 0 aliphatic heterocycles. The topological polar surface area (TPSA) is 51.2 Å². The van der Waals surface area contributed by atoms with Crippen LogP contribution < -0.4 is 5.32 Å². The summed E-state index contributed by atoms with van der Waals surface area (Å²) in [6.45, 7) is 0.266. The Labute approximate surface area is 170 Å². The van der Waals surface area contributed by atoms with Crippen LogP contribution in [0.5, 0.6) is 0 Å². The summed E-state index contributed by atoms with van der Waals surface area (Å²) >= 11 is 1.49. The Balaban J connectivity index is 1.48. The number of aromatic nitrogens is 1. The number of rotatable bonds is 10. The van der Waals surface area contributed by atoms with Crippen LogP contribution in [0, 0.1) is 0 Å². The van der Waals surface area contributed by atoms with Gasteiger partial charge in [0.2, 0.25) is 0 Å². The third-order valence-corrected chi connectivity index (χ3v) is 5.34. The molecular formula is C23H26N2O2S. The first-order chi connectivity index (χ1) is 13.8. The van der Waals surface area contributed by atoms with Gasteiger partial charge in [-0.3, -0.25) is 4.98 Å². The van der Waals surface area contributed by atoms with Gasteiger partial charge in [0.05, 0.1) is 10.4 Å². The van der Waals surface area contributed by atoms with Crippen molar-refractivity contribution in [3.05, 3.63) is 88.4 Å². The standard InChI is InChI=1S/C23H26N2O2S/c26-23(27-17-22-16-24-18-28-22)25-21(15-20-12-5-2-6-13-20)14-8-7-11-19-9-3-1-4-10-19/h1-6,9-10,12-13,16,18,21H,7-8,11,14-15,17H2,(H,25,26)/t21-/m1/s1. The van der Waals surface area contributed by atoms with Crippen molar-refractivity contribution in [2.45, 2.75) is 44.8 Å². The van der Waals surface area contributed by atoms with Crippen molar-refractivity contribution in [2.75, 3.05) is 0 Å². The number of hydrogen-bond donors (Lipinski definition) is 1. The largest absolute Gasteiger partial charge is 0.444 e. The summed E-state index contributed by atoms with van der Waals surface area (Å²) < 4.78 is 5.35. The fourth-order valence-corrected chi connectivity index (χ4v) is 3.65. The van der Waals surface area contributed by atoms with Gasteiger partial charge >= 0.3 is 6.09 Å². The van der Waals surface area contributed by atoms with E-state index in [1.165, 1.54) is 22.5 Å². The van der Waals surface area contributed by atoms with Gasteiger partial charge in [-0.2, -0.15) is 0 Å². The number of ether oxygens (including phenoxy) is 1. The second-order valence-electron chi connectivity index (χ2n) is 6.81. The van der Waals surface area contributed by atoms with Gasteiger partial charge in [0.25, 0.3) is 0 Å². The van der Waals surface area contributed by atoms with Crippen molar-refractivity contribution in [3.8, 4) is 0 Å². The number of benzene rings is 2. The van der Waals surface area contributed by atoms with Gasteiger partial charge in [0.15, 0.2) is 0 Å². The van der Waals surface area contributed by atoms with Crippen LogP contribution in [0.4, 0.5) is 4.79 Å². The van der Waals surface area contributed by atoms with Gasteiger partial charge in [-0.05, 0) is 36.8 Å². The molecule has 1 aromatic heterocycles. The lowest BCUT2D eigenvalue weighted by Gasteiger charge is -2.19. The third-order valence-electron chi connectivity index (χ3n) is 4.59. The maximum atomic E-state index is 12.2. The average Bonchev–Trinajstić information content (AvgIpc) is 3.25. The van der Waals surface area contributed by atoms with Crippen LogP contribution >= 0.6 is 11.3 Å². The molecule has 0 aliphatic rings. The number of unbranched alkanes of at least 4 members (excludes halogenated alkanes) is 1. The minimum atomic E-state index is -0.364. The fraction of sp³-hybridized carbons (Fsp3) is 0.304. The van der Waals surface area contributed by atoms with Crippen LogP contribution in [0.2, 0.25) is 0 Å². The molecule has 0 aliphatic carbocycles. The molecule has 3 rings (SSSR count). The quantitative estimate of drug-likeness (QED) is 0.469. The molecule has 0 bridgehead atoms. The number of carbonyl (C=O) groups excluding carboxylic acids is 1. The Bertz CT molecular complexity index is 807. The van der Waals surface area contributed by atoms with Crippen LogP contribution in [0.15, 0.2) is 72.4 Å². The van der Waals surface area contributed by atoms with E-state index in [1.54, 1.807) is 11.7 Å². The number of nitrogens with one attached hydrogen (secondary N) is 1. The number of thiazole rings is 1. The van der Waals surface area contributed by atoms with E-state index in [4.69, 9.17) is 4.74 Å². The van der Waals surface area contributed by atoms with Gasteiger partial charge in [-0.15, -0.1) is 11.3 Å². The van der Waals surface area contributed by atoms with Gasteiger partial charge in [0, 0.05) is 12.2 Å². The molecule has 1 heterocycles. The van der Waals surface area contributed by atoms with E-state index in [-0.39, 0.29) is 18.7 Å². The zero-order valence-electron chi connectivity index (χ0n) is 15.9. The monoisotopic (exact) mass is 394 g/mol. The van der Waals surface area contributed by atoms with Crippen molar-refractivity contribution in [1.82, 2.24) is 10.3 Å². The van der Waals surface area contributed by atoms with Gasteiger partial charge < -0.3 is 10.1 Å². The molecule has 0 saturated heterocycles. The van der Waals surface area contributed by atoms with Gasteiger partial charge in [0.1, 0.15) is 6.61 Å². The fourth-order valence-electron chi connectivity index (χ4n) is 3.15. The van der Waals surface area contributed by atoms with Gasteiger partial charge in [-0.1, -0.05) is 67.1 Å². The molecule has 0 fully saturated rings. The molecule has 28 heavy (non-hydrogen) atoms. The van der Waals surface area contributed by atoms with E-state index < -0.39 is 0 Å². The second-order valence-corrected chi connectivity index (χ2v) is 7.78. The van der Waals surface area contributed by atoms with E-state index >= 15 is 0 Å². The highest BCUT2D eigenvalue weighted by molar-refractivity contribution is 7.09. The number of nitrogens with zero attached hydrogens (tertiary/aromatic N) is 1. The minimum Gasteiger partial charge on any atom is -0.444 e. The number of alkyl carbamates (subject to hydrolysis) is 1. The molecule has 2 aromatic carbocycles. The molecule has 0 unspecified atom stereocenters. The molecule has 1 N–H and O–H groups in total. The molecular weight excluding hydrogens is 368 g/mol. The van der Waals surface area contributed by atoms with Crippen LogP contribution in [-0.2, 0) is 24.2 Å². The molecule has 5 heteroatoms. The number of carbonyl (C=O) groups is 1. The Morgan fingerprint density at radius 3 is 2.39 bits per heavy atom. The van der Waals surface area contributed by atoms with E-state index in [9.17, 15) is 4.79 Å². The highest BCUT2D eigenvalue weighted by Gasteiger charge is 2.14. The van der Waals surface area contributed by atoms with Crippen LogP contribution in [0.3, 0.4) is 0 Å². The van der Waals surface area contributed by atoms with Crippen molar-refractivity contribution < 1.29 is 9.53 Å². The van der Waals surface area contributed by atoms with E-state index in [0.717, 1.165) is 37.0 Å². The SMILES string of the molecule is O=C(N[C@H](CCCCc1ccccc1)Cc1ccccc1)OCc1cncs1. The summed E-state index contributed by atoms with van der Waals surface area (Å²) in [4.78, 5) is 17.2. The predicted molar refractivity (Wildman–Crippen MR) is 113 cm³/mol. The molecule has 3 aromatic rings.